The summed E-state index contributed by atoms with van der Waals surface area (Å²) in [5, 5.41) is 19.6. The lowest BCUT2D eigenvalue weighted by atomic mass is 9.86. The third-order valence-corrected chi connectivity index (χ3v) is 17.4. The monoisotopic (exact) mass is 1400 g/mol. The Bertz CT molecular complexity index is 4220. The number of amides is 2. The third kappa shape index (κ3) is 23.1. The van der Waals surface area contributed by atoms with Gasteiger partial charge in [0.1, 0.15) is 47.4 Å². The van der Waals surface area contributed by atoms with Crippen LogP contribution in [-0.2, 0) is 74.9 Å². The molecule has 0 aliphatic carbocycles. The lowest BCUT2D eigenvalue weighted by Gasteiger charge is -2.19. The van der Waals surface area contributed by atoms with Crippen molar-refractivity contribution >= 4 is 63.3 Å². The Morgan fingerprint density at radius 2 is 1.09 bits per heavy atom. The van der Waals surface area contributed by atoms with Crippen molar-refractivity contribution in [1.82, 2.24) is 50.1 Å². The Balaban J connectivity index is 0.000000186. The molecule has 20 heteroatoms. The van der Waals surface area contributed by atoms with Gasteiger partial charge in [0.05, 0.1) is 52.1 Å². The Labute approximate surface area is 599 Å². The minimum absolute atomic E-state index is 0.126. The summed E-state index contributed by atoms with van der Waals surface area (Å²) < 4.78 is 26.1. The first-order valence-corrected chi connectivity index (χ1v) is 34.8. The summed E-state index contributed by atoms with van der Waals surface area (Å²) >= 11 is 18.4. The predicted molar refractivity (Wildman–Crippen MR) is 401 cm³/mol. The average molecular weight is 1400 g/mol. The molecule has 99 heavy (non-hydrogen) atoms. The lowest BCUT2D eigenvalue weighted by molar-refractivity contribution is 0.0933. The van der Waals surface area contributed by atoms with Crippen molar-refractivity contribution in [3.8, 4) is 23.1 Å². The fraction of sp³-hybridized carbons (Fsp3) is 0.367. The molecule has 0 atom stereocenters. The number of ether oxygens (including phenoxy) is 4. The molecule has 0 radical (unpaired) electrons. The van der Waals surface area contributed by atoms with Gasteiger partial charge in [-0.05, 0) is 163 Å². The van der Waals surface area contributed by atoms with Gasteiger partial charge in [0.25, 0.3) is 11.8 Å². The minimum Gasteiger partial charge on any atom is -0.491 e. The SMILES string of the molecule is CC(C)(C)c1ccc(CCOc2ncnc3ccccc23)cc1.CCOCCc1ccc(OCCNc2cc(CC)nc(Cl)n2)c(C)c1C.CCc1nn(C)c(C(=O)NCc2ccc(C(C)(C)C)cc2)c1Cl.CCc1nn(C)c(C(=O)NCc2ccc(Oc3ccc(C)cc3)cc2)c1Cl. The molecular weight excluding hydrogens is 1310 g/mol. The fourth-order valence-electron chi connectivity index (χ4n) is 10.3. The summed E-state index contributed by atoms with van der Waals surface area (Å²) in [6, 6.07) is 46.5. The highest BCUT2D eigenvalue weighted by atomic mass is 35.5. The zero-order chi connectivity index (χ0) is 71.8. The molecule has 0 unspecified atom stereocenters. The van der Waals surface area contributed by atoms with E-state index < -0.39 is 0 Å². The molecule has 10 aromatic rings. The first-order chi connectivity index (χ1) is 47.3. The summed E-state index contributed by atoms with van der Waals surface area (Å²) in [6.07, 6.45) is 5.55. The van der Waals surface area contributed by atoms with Gasteiger partial charge >= 0.3 is 0 Å². The molecule has 0 aliphatic heterocycles. The largest absolute Gasteiger partial charge is 0.491 e. The minimum atomic E-state index is -0.241. The third-order valence-electron chi connectivity index (χ3n) is 16.4. The normalized spacial score (nSPS) is 11.1. The smallest absolute Gasteiger partial charge is 0.271 e. The highest BCUT2D eigenvalue weighted by molar-refractivity contribution is 6.34. The topological polar surface area (TPSA) is 194 Å². The van der Waals surface area contributed by atoms with Gasteiger partial charge in [0.2, 0.25) is 11.2 Å². The van der Waals surface area contributed by atoms with E-state index in [0.717, 1.165) is 94.7 Å². The number of carbonyl (C=O) groups is 2. The summed E-state index contributed by atoms with van der Waals surface area (Å²) in [5.74, 6) is 3.39. The van der Waals surface area contributed by atoms with E-state index in [1.807, 2.05) is 132 Å². The van der Waals surface area contributed by atoms with E-state index in [2.05, 4.69) is 144 Å². The number of nitrogens with zero attached hydrogens (tertiary/aromatic N) is 8. The highest BCUT2D eigenvalue weighted by Crippen LogP contribution is 2.29. The van der Waals surface area contributed by atoms with E-state index in [9.17, 15) is 9.59 Å². The van der Waals surface area contributed by atoms with Crippen LogP contribution in [0.1, 0.15) is 157 Å². The van der Waals surface area contributed by atoms with Gasteiger partial charge in [-0.3, -0.25) is 19.0 Å². The van der Waals surface area contributed by atoms with Crippen molar-refractivity contribution in [2.45, 2.75) is 146 Å². The molecule has 0 fully saturated rings. The number of rotatable bonds is 24. The summed E-state index contributed by atoms with van der Waals surface area (Å²) in [6.45, 7) is 31.6. The summed E-state index contributed by atoms with van der Waals surface area (Å²) in [7, 11) is 3.45. The summed E-state index contributed by atoms with van der Waals surface area (Å²) in [4.78, 5) is 41.6. The molecule has 6 aromatic carbocycles. The molecule has 2 amide bonds. The number of aryl methyl sites for hydroxylation is 6. The van der Waals surface area contributed by atoms with Crippen LogP contribution in [0.2, 0.25) is 15.3 Å². The van der Waals surface area contributed by atoms with Gasteiger partial charge in [0, 0.05) is 52.0 Å². The van der Waals surface area contributed by atoms with Gasteiger partial charge in [-0.1, -0.05) is 182 Å². The van der Waals surface area contributed by atoms with E-state index in [1.54, 1.807) is 25.1 Å². The first-order valence-electron chi connectivity index (χ1n) is 33.7. The Hall–Kier alpha value is -8.87. The molecule has 17 nitrogen and oxygen atoms in total. The van der Waals surface area contributed by atoms with Crippen LogP contribution in [0.4, 0.5) is 5.82 Å². The van der Waals surface area contributed by atoms with Crippen molar-refractivity contribution < 1.29 is 28.5 Å². The maximum Gasteiger partial charge on any atom is 0.271 e. The number of aromatic nitrogens is 8. The van der Waals surface area contributed by atoms with Crippen LogP contribution >= 0.6 is 34.8 Å². The van der Waals surface area contributed by atoms with Crippen LogP contribution in [0.3, 0.4) is 0 Å². The van der Waals surface area contributed by atoms with E-state index in [1.165, 1.54) is 43.6 Å². The number of halogens is 3. The summed E-state index contributed by atoms with van der Waals surface area (Å²) in [5.41, 5.74) is 15.3. The number of para-hydroxylation sites is 1. The van der Waals surface area contributed by atoms with Crippen LogP contribution in [0.25, 0.3) is 10.9 Å². The highest BCUT2D eigenvalue weighted by Gasteiger charge is 2.22. The van der Waals surface area contributed by atoms with Crippen LogP contribution in [0, 0.1) is 20.8 Å². The van der Waals surface area contributed by atoms with Crippen LogP contribution in [0.15, 0.2) is 146 Å². The number of anilines is 1. The van der Waals surface area contributed by atoms with E-state index in [-0.39, 0.29) is 27.9 Å². The van der Waals surface area contributed by atoms with Gasteiger partial charge in [-0.15, -0.1) is 0 Å². The molecule has 3 N–H and O–H groups in total. The number of nitrogens with one attached hydrogen (secondary N) is 3. The standard InChI is InChI=1S/C21H22ClN3O2.C20H28ClN3O2.C20H22N2O.C18H24ClN3O/c1-4-18-19(22)20(25(3)24-18)21(26)23-13-15-7-11-17(12-8-15)27-16-9-5-14(2)6-10-16;1-5-17-13-19(24-20(21)23-17)22-10-12-26-18-8-7-16(9-11-25-6-2)14(3)15(18)4;1-20(2,3)16-10-8-15(9-11-16)12-13-23-19-17-6-4-5-7-18(17)21-14-22-19;1-6-14-15(19)16(22(5)21-14)17(23)20-11-12-7-9-13(10-8-12)18(2,3)4/h5-12H,4,13H2,1-3H3,(H,23,26);7-8,13H,5-6,9-12H2,1-4H3,(H,22,23,24);4-11,14H,12-13H2,1-3H3;7-10H,6,11H2,1-5H3,(H,20,23). The van der Waals surface area contributed by atoms with E-state index in [4.69, 9.17) is 53.8 Å². The fourth-order valence-corrected chi connectivity index (χ4v) is 11.3. The second-order valence-electron chi connectivity index (χ2n) is 25.8. The molecule has 524 valence electrons. The molecule has 0 spiro atoms. The van der Waals surface area contributed by atoms with Gasteiger partial charge in [-0.2, -0.15) is 10.2 Å². The molecule has 0 bridgehead atoms. The molecule has 0 aliphatic rings. The van der Waals surface area contributed by atoms with Crippen LogP contribution in [0.5, 0.6) is 23.1 Å². The second-order valence-corrected chi connectivity index (χ2v) is 26.9. The zero-order valence-electron chi connectivity index (χ0n) is 60.0. The molecule has 0 saturated heterocycles. The molecule has 0 saturated carbocycles. The zero-order valence-corrected chi connectivity index (χ0v) is 62.3. The van der Waals surface area contributed by atoms with E-state index >= 15 is 0 Å². The van der Waals surface area contributed by atoms with Gasteiger partial charge < -0.3 is 34.9 Å². The average Bonchev–Trinajstić information content (AvgIpc) is 1.73. The van der Waals surface area contributed by atoms with Crippen molar-refractivity contribution in [3.05, 3.63) is 240 Å². The number of hydrogen-bond acceptors (Lipinski definition) is 13. The number of hydrogen-bond donors (Lipinski definition) is 3. The van der Waals surface area contributed by atoms with Crippen molar-refractivity contribution in [1.29, 1.82) is 0 Å². The van der Waals surface area contributed by atoms with Crippen molar-refractivity contribution in [2.24, 2.45) is 14.1 Å². The maximum absolute atomic E-state index is 12.4. The van der Waals surface area contributed by atoms with Crippen molar-refractivity contribution in [3.63, 3.8) is 0 Å². The Morgan fingerprint density at radius 3 is 1.62 bits per heavy atom. The second kappa shape index (κ2) is 37.4. The molecule has 4 heterocycles. The Kier molecular flexibility index (Phi) is 29.2. The first kappa shape index (κ1) is 77.5. The predicted octanol–water partition coefficient (Wildman–Crippen LogP) is 17.5. The van der Waals surface area contributed by atoms with E-state index in [0.29, 0.717) is 73.0 Å². The van der Waals surface area contributed by atoms with Gasteiger partial charge in [0.15, 0.2) is 0 Å². The lowest BCUT2D eigenvalue weighted by Crippen LogP contribution is -2.25. The number of benzene rings is 6. The van der Waals surface area contributed by atoms with Crippen LogP contribution in [-0.4, -0.2) is 84.3 Å². The van der Waals surface area contributed by atoms with Crippen molar-refractivity contribution in [2.75, 3.05) is 38.3 Å². The number of carbonyl (C=O) groups excluding carboxylic acids is 2. The van der Waals surface area contributed by atoms with Gasteiger partial charge in [-0.25, -0.2) is 19.9 Å². The quantitative estimate of drug-likeness (QED) is 0.0382. The molecular formula is C79H96Cl3N11O6. The Morgan fingerprint density at radius 1 is 0.556 bits per heavy atom. The maximum atomic E-state index is 12.4. The number of fused-ring (bicyclic) bond motifs is 1. The van der Waals surface area contributed by atoms with Crippen LogP contribution < -0.4 is 30.2 Å². The molecule has 10 rings (SSSR count). The molecule has 4 aromatic heterocycles.